The minimum atomic E-state index is 0.599. The largest absolute Gasteiger partial charge is 0.397 e. The first-order valence-electron chi connectivity index (χ1n) is 4.71. The van der Waals surface area contributed by atoms with Gasteiger partial charge in [0.15, 0.2) is 0 Å². The molecule has 2 rings (SSSR count). The smallest absolute Gasteiger partial charge is 0.0762 e. The van der Waals surface area contributed by atoms with Crippen LogP contribution in [0.3, 0.4) is 0 Å². The van der Waals surface area contributed by atoms with Crippen molar-refractivity contribution in [1.29, 1.82) is 0 Å². The monoisotopic (exact) mass is 177 g/mol. The summed E-state index contributed by atoms with van der Waals surface area (Å²) in [5.74, 6) is 0.857. The Bertz CT molecular complexity index is 292. The number of hydrogen-bond acceptors (Lipinski definition) is 3. The molecule has 0 spiro atoms. The summed E-state index contributed by atoms with van der Waals surface area (Å²) in [6, 6.07) is 2.42. The third-order valence-corrected chi connectivity index (χ3v) is 2.59. The highest BCUT2D eigenvalue weighted by Gasteiger charge is 2.25. The number of pyridine rings is 1. The van der Waals surface area contributed by atoms with Crippen molar-refractivity contribution in [3.63, 3.8) is 0 Å². The molecule has 0 aromatic carbocycles. The average molecular weight is 177 g/mol. The molecule has 0 saturated heterocycles. The standard InChI is InChI=1S/C10H15N3/c1-7-4-8(5-7)13-10-6-12-3-2-9(10)11/h2-3,6-8,13H,4-5H2,1H3,(H2,11,12). The zero-order chi connectivity index (χ0) is 9.26. The van der Waals surface area contributed by atoms with E-state index >= 15 is 0 Å². The van der Waals surface area contributed by atoms with Crippen LogP contribution in [0, 0.1) is 5.92 Å². The predicted molar refractivity (Wildman–Crippen MR) is 54.5 cm³/mol. The zero-order valence-corrected chi connectivity index (χ0v) is 7.83. The first-order chi connectivity index (χ1) is 6.25. The van der Waals surface area contributed by atoms with Crippen LogP contribution in [0.5, 0.6) is 0 Å². The molecule has 0 atom stereocenters. The molecule has 1 aromatic heterocycles. The van der Waals surface area contributed by atoms with Crippen molar-refractivity contribution in [3.05, 3.63) is 18.5 Å². The second-order valence-corrected chi connectivity index (χ2v) is 3.88. The van der Waals surface area contributed by atoms with E-state index in [0.29, 0.717) is 6.04 Å². The Labute approximate surface area is 78.4 Å². The second kappa shape index (κ2) is 3.24. The topological polar surface area (TPSA) is 50.9 Å². The van der Waals surface area contributed by atoms with Gasteiger partial charge >= 0.3 is 0 Å². The van der Waals surface area contributed by atoms with Crippen molar-refractivity contribution in [2.75, 3.05) is 11.1 Å². The first kappa shape index (κ1) is 8.35. The number of aromatic nitrogens is 1. The van der Waals surface area contributed by atoms with Crippen molar-refractivity contribution in [3.8, 4) is 0 Å². The number of nitrogens with two attached hydrogens (primary N) is 1. The Kier molecular flexibility index (Phi) is 2.08. The number of hydrogen-bond donors (Lipinski definition) is 2. The molecule has 1 aromatic rings. The van der Waals surface area contributed by atoms with Gasteiger partial charge < -0.3 is 11.1 Å². The van der Waals surface area contributed by atoms with Crippen LogP contribution < -0.4 is 11.1 Å². The molecule has 3 nitrogen and oxygen atoms in total. The normalized spacial score (nSPS) is 26.5. The van der Waals surface area contributed by atoms with Crippen molar-refractivity contribution < 1.29 is 0 Å². The van der Waals surface area contributed by atoms with E-state index in [1.807, 2.05) is 6.07 Å². The van der Waals surface area contributed by atoms with Crippen LogP contribution >= 0.6 is 0 Å². The maximum Gasteiger partial charge on any atom is 0.0762 e. The molecule has 0 aliphatic heterocycles. The highest BCUT2D eigenvalue weighted by molar-refractivity contribution is 5.64. The third kappa shape index (κ3) is 1.74. The lowest BCUT2D eigenvalue weighted by Crippen LogP contribution is -2.34. The average Bonchev–Trinajstić information content (AvgIpc) is 2.06. The highest BCUT2D eigenvalue weighted by Crippen LogP contribution is 2.30. The van der Waals surface area contributed by atoms with Crippen molar-refractivity contribution in [2.45, 2.75) is 25.8 Å². The van der Waals surface area contributed by atoms with E-state index in [9.17, 15) is 0 Å². The fourth-order valence-corrected chi connectivity index (χ4v) is 1.77. The molecule has 0 radical (unpaired) electrons. The van der Waals surface area contributed by atoms with E-state index < -0.39 is 0 Å². The summed E-state index contributed by atoms with van der Waals surface area (Å²) in [4.78, 5) is 4.03. The number of nitrogen functional groups attached to an aromatic ring is 1. The van der Waals surface area contributed by atoms with Gasteiger partial charge in [-0.15, -0.1) is 0 Å². The van der Waals surface area contributed by atoms with E-state index in [1.165, 1.54) is 12.8 Å². The molecule has 3 N–H and O–H groups in total. The van der Waals surface area contributed by atoms with Gasteiger partial charge in [0.25, 0.3) is 0 Å². The third-order valence-electron chi connectivity index (χ3n) is 2.59. The van der Waals surface area contributed by atoms with E-state index in [-0.39, 0.29) is 0 Å². The minimum absolute atomic E-state index is 0.599. The SMILES string of the molecule is CC1CC(Nc2cnccc2N)C1. The van der Waals surface area contributed by atoms with Crippen molar-refractivity contribution in [1.82, 2.24) is 4.98 Å². The Morgan fingerprint density at radius 2 is 2.31 bits per heavy atom. The molecule has 0 unspecified atom stereocenters. The van der Waals surface area contributed by atoms with Gasteiger partial charge in [-0.05, 0) is 24.8 Å². The molecule has 1 aliphatic rings. The Hall–Kier alpha value is -1.25. The van der Waals surface area contributed by atoms with Gasteiger partial charge in [0.1, 0.15) is 0 Å². The maximum absolute atomic E-state index is 5.78. The van der Waals surface area contributed by atoms with Crippen LogP contribution in [0.2, 0.25) is 0 Å². The fraction of sp³-hybridized carbons (Fsp3) is 0.500. The van der Waals surface area contributed by atoms with Crippen molar-refractivity contribution in [2.24, 2.45) is 5.92 Å². The van der Waals surface area contributed by atoms with Gasteiger partial charge in [-0.25, -0.2) is 0 Å². The Balaban J connectivity index is 1.98. The van der Waals surface area contributed by atoms with Crippen LogP contribution in [0.25, 0.3) is 0 Å². The molecule has 0 bridgehead atoms. The second-order valence-electron chi connectivity index (χ2n) is 3.88. The minimum Gasteiger partial charge on any atom is -0.397 e. The van der Waals surface area contributed by atoms with E-state index in [0.717, 1.165) is 17.3 Å². The van der Waals surface area contributed by atoms with Crippen LogP contribution in [-0.4, -0.2) is 11.0 Å². The lowest BCUT2D eigenvalue weighted by atomic mass is 9.82. The number of nitrogens with one attached hydrogen (secondary N) is 1. The van der Waals surface area contributed by atoms with Crippen LogP contribution in [0.15, 0.2) is 18.5 Å². The summed E-state index contributed by atoms with van der Waals surface area (Å²) >= 11 is 0. The molecule has 1 fully saturated rings. The molecule has 3 heteroatoms. The zero-order valence-electron chi connectivity index (χ0n) is 7.83. The summed E-state index contributed by atoms with van der Waals surface area (Å²) in [6.07, 6.45) is 5.99. The lowest BCUT2D eigenvalue weighted by molar-refractivity contribution is 0.309. The maximum atomic E-state index is 5.78. The summed E-state index contributed by atoms with van der Waals surface area (Å²) in [6.45, 7) is 2.27. The van der Waals surface area contributed by atoms with Gasteiger partial charge in [0.2, 0.25) is 0 Å². The van der Waals surface area contributed by atoms with E-state index in [1.54, 1.807) is 12.4 Å². The summed E-state index contributed by atoms with van der Waals surface area (Å²) in [5.41, 5.74) is 7.54. The predicted octanol–water partition coefficient (Wildman–Crippen LogP) is 1.87. The molecule has 70 valence electrons. The highest BCUT2D eigenvalue weighted by atomic mass is 15.0. The van der Waals surface area contributed by atoms with E-state index in [2.05, 4.69) is 17.2 Å². The first-order valence-corrected chi connectivity index (χ1v) is 4.71. The Morgan fingerprint density at radius 3 is 2.92 bits per heavy atom. The Morgan fingerprint density at radius 1 is 1.54 bits per heavy atom. The summed E-state index contributed by atoms with van der Waals surface area (Å²) < 4.78 is 0. The van der Waals surface area contributed by atoms with E-state index in [4.69, 9.17) is 5.73 Å². The van der Waals surface area contributed by atoms with Gasteiger partial charge in [0.05, 0.1) is 17.6 Å². The molecular weight excluding hydrogens is 162 g/mol. The molecule has 13 heavy (non-hydrogen) atoms. The molecule has 0 amide bonds. The lowest BCUT2D eigenvalue weighted by Gasteiger charge is -2.34. The number of anilines is 2. The molecular formula is C10H15N3. The number of rotatable bonds is 2. The van der Waals surface area contributed by atoms with Gasteiger partial charge in [0, 0.05) is 12.2 Å². The van der Waals surface area contributed by atoms with Crippen molar-refractivity contribution >= 4 is 11.4 Å². The quantitative estimate of drug-likeness (QED) is 0.725. The van der Waals surface area contributed by atoms with Crippen LogP contribution in [-0.2, 0) is 0 Å². The van der Waals surface area contributed by atoms with Crippen LogP contribution in [0.1, 0.15) is 19.8 Å². The fourth-order valence-electron chi connectivity index (χ4n) is 1.77. The van der Waals surface area contributed by atoms with Gasteiger partial charge in [-0.3, -0.25) is 4.98 Å². The summed E-state index contributed by atoms with van der Waals surface area (Å²) in [7, 11) is 0. The van der Waals surface area contributed by atoms with Gasteiger partial charge in [-0.2, -0.15) is 0 Å². The summed E-state index contributed by atoms with van der Waals surface area (Å²) in [5, 5.41) is 3.39. The molecule has 1 aliphatic carbocycles. The molecule has 1 saturated carbocycles. The number of nitrogens with zero attached hydrogens (tertiary/aromatic N) is 1. The molecule has 1 heterocycles. The van der Waals surface area contributed by atoms with Crippen LogP contribution in [0.4, 0.5) is 11.4 Å². The van der Waals surface area contributed by atoms with Gasteiger partial charge in [-0.1, -0.05) is 6.92 Å².